The van der Waals surface area contributed by atoms with Crippen molar-refractivity contribution in [1.29, 1.82) is 0 Å². The van der Waals surface area contributed by atoms with E-state index >= 15 is 8.78 Å². The number of aromatic nitrogens is 3. The minimum atomic E-state index is -3.29. The van der Waals surface area contributed by atoms with Crippen LogP contribution in [0.5, 0.6) is 0 Å². The van der Waals surface area contributed by atoms with Crippen LogP contribution in [0.3, 0.4) is 0 Å². The van der Waals surface area contributed by atoms with Gasteiger partial charge in [0.25, 0.3) is 0 Å². The molecule has 1 aliphatic rings. The number of hydrogen-bond acceptors (Lipinski definition) is 6. The van der Waals surface area contributed by atoms with Crippen LogP contribution in [-0.2, 0) is 28.2 Å². The van der Waals surface area contributed by atoms with E-state index in [0.29, 0.717) is 65.7 Å². The molecule has 1 aliphatic heterocycles. The number of rotatable bonds is 10. The van der Waals surface area contributed by atoms with E-state index in [1.165, 1.54) is 28.8 Å². The number of pyridine rings is 1. The molecule has 1 N–H and O–H groups in total. The summed E-state index contributed by atoms with van der Waals surface area (Å²) in [6, 6.07) is 9.37. The van der Waals surface area contributed by atoms with Crippen LogP contribution in [0.1, 0.15) is 18.4 Å². The van der Waals surface area contributed by atoms with Crippen LogP contribution >= 0.6 is 0 Å². The summed E-state index contributed by atoms with van der Waals surface area (Å²) in [4.78, 5) is 4.78. The Bertz CT molecular complexity index is 1700. The summed E-state index contributed by atoms with van der Waals surface area (Å²) in [6.45, 7) is 7.45. The largest absolute Gasteiger partial charge is 0.366 e. The molecule has 0 atom stereocenters. The minimum absolute atomic E-state index is 0.0533. The predicted octanol–water partition coefficient (Wildman–Crippen LogP) is 6.15. The fraction of sp³-hybridized carbons (Fsp3) is 0.448. The van der Waals surface area contributed by atoms with Gasteiger partial charge in [0.15, 0.2) is 5.82 Å². The molecular weight excluding hydrogens is 583 g/mol. The summed E-state index contributed by atoms with van der Waals surface area (Å²) < 4.78 is 77.1. The number of alkyl halides is 1. The van der Waals surface area contributed by atoms with Crippen LogP contribution in [0.2, 0.25) is 25.7 Å². The van der Waals surface area contributed by atoms with Gasteiger partial charge < -0.3 is 10.1 Å². The van der Waals surface area contributed by atoms with Crippen molar-refractivity contribution in [3.05, 3.63) is 53.6 Å². The Morgan fingerprint density at radius 3 is 2.36 bits per heavy atom. The molecule has 1 saturated heterocycles. The Kier molecular flexibility index (Phi) is 8.66. The Morgan fingerprint density at radius 1 is 1.05 bits per heavy atom. The monoisotopic (exact) mass is 619 g/mol. The van der Waals surface area contributed by atoms with Gasteiger partial charge in [-0.25, -0.2) is 35.6 Å². The second-order valence-electron chi connectivity index (χ2n) is 12.0. The fourth-order valence-corrected chi connectivity index (χ4v) is 6.82. The van der Waals surface area contributed by atoms with Gasteiger partial charge in [-0.05, 0) is 42.6 Å². The number of nitrogens with zero attached hydrogens (tertiary/aromatic N) is 4. The van der Waals surface area contributed by atoms with Crippen LogP contribution in [0.15, 0.2) is 36.4 Å². The zero-order valence-corrected chi connectivity index (χ0v) is 26.1. The highest BCUT2D eigenvalue weighted by atomic mass is 32.2. The maximum absolute atomic E-state index is 15.1. The third kappa shape index (κ3) is 6.48. The van der Waals surface area contributed by atoms with Crippen molar-refractivity contribution in [2.75, 3.05) is 31.3 Å². The average Bonchev–Trinajstić information content (AvgIpc) is 3.27. The van der Waals surface area contributed by atoms with Crippen molar-refractivity contribution < 1.29 is 26.3 Å². The summed E-state index contributed by atoms with van der Waals surface area (Å²) in [5.74, 6) is -1.04. The van der Waals surface area contributed by atoms with E-state index in [9.17, 15) is 12.8 Å². The Labute approximate surface area is 244 Å². The van der Waals surface area contributed by atoms with E-state index < -0.39 is 36.4 Å². The Balaban J connectivity index is 1.64. The SMILES string of the molecule is C[Si](C)(C)CCOCn1nc2c(nc(-c3c(F)cccc3F)c3cc(CF)ccc32)c1NC1CCN(S(C)(=O)=O)CC1. The molecule has 4 aromatic rings. The highest BCUT2D eigenvalue weighted by Crippen LogP contribution is 2.38. The quantitative estimate of drug-likeness (QED) is 0.169. The number of sulfonamides is 1. The number of nitrogens with one attached hydrogen (secondary N) is 1. The van der Waals surface area contributed by atoms with Crippen LogP contribution in [0, 0.1) is 11.6 Å². The molecule has 1 fully saturated rings. The highest BCUT2D eigenvalue weighted by molar-refractivity contribution is 7.88. The first-order valence-corrected chi connectivity index (χ1v) is 19.5. The maximum atomic E-state index is 15.1. The number of halogens is 3. The molecule has 5 rings (SSSR count). The molecular formula is C29H36F3N5O3SSi. The molecule has 0 unspecified atom stereocenters. The van der Waals surface area contributed by atoms with E-state index in [2.05, 4.69) is 25.0 Å². The normalized spacial score (nSPS) is 15.6. The zero-order valence-electron chi connectivity index (χ0n) is 24.3. The topological polar surface area (TPSA) is 89.3 Å². The van der Waals surface area contributed by atoms with Crippen molar-refractivity contribution in [1.82, 2.24) is 19.1 Å². The van der Waals surface area contributed by atoms with Gasteiger partial charge in [0.05, 0.1) is 17.5 Å². The smallest absolute Gasteiger partial charge is 0.211 e. The number of hydrogen-bond donors (Lipinski definition) is 1. The molecule has 13 heteroatoms. The van der Waals surface area contributed by atoms with Gasteiger partial charge >= 0.3 is 0 Å². The van der Waals surface area contributed by atoms with Crippen molar-refractivity contribution in [2.24, 2.45) is 0 Å². The second-order valence-corrected chi connectivity index (χ2v) is 19.6. The Morgan fingerprint density at radius 2 is 1.74 bits per heavy atom. The third-order valence-electron chi connectivity index (χ3n) is 7.57. The van der Waals surface area contributed by atoms with E-state index in [-0.39, 0.29) is 24.0 Å². The van der Waals surface area contributed by atoms with Gasteiger partial charge in [0, 0.05) is 44.6 Å². The number of ether oxygens (including phenoxy) is 1. The summed E-state index contributed by atoms with van der Waals surface area (Å²) in [5.41, 5.74) is 0.990. The minimum Gasteiger partial charge on any atom is -0.366 e. The van der Waals surface area contributed by atoms with Crippen molar-refractivity contribution in [3.8, 4) is 11.3 Å². The van der Waals surface area contributed by atoms with E-state index in [1.54, 1.807) is 22.9 Å². The maximum Gasteiger partial charge on any atom is 0.211 e. The van der Waals surface area contributed by atoms with E-state index in [0.717, 1.165) is 6.04 Å². The molecule has 2 aromatic carbocycles. The van der Waals surface area contributed by atoms with Gasteiger partial charge in [0.1, 0.15) is 36.1 Å². The lowest BCUT2D eigenvalue weighted by molar-refractivity contribution is 0.0803. The van der Waals surface area contributed by atoms with Crippen LogP contribution in [0.25, 0.3) is 33.1 Å². The van der Waals surface area contributed by atoms with Crippen molar-refractivity contribution >= 4 is 45.7 Å². The molecule has 2 aromatic heterocycles. The second kappa shape index (κ2) is 11.9. The lowest BCUT2D eigenvalue weighted by atomic mass is 10.00. The summed E-state index contributed by atoms with van der Waals surface area (Å²) in [7, 11) is -4.63. The lowest BCUT2D eigenvalue weighted by Gasteiger charge is -2.31. The molecule has 42 heavy (non-hydrogen) atoms. The van der Waals surface area contributed by atoms with Crippen LogP contribution < -0.4 is 5.32 Å². The molecule has 0 saturated carbocycles. The first-order valence-electron chi connectivity index (χ1n) is 14.0. The van der Waals surface area contributed by atoms with Crippen molar-refractivity contribution in [2.45, 2.75) is 58.0 Å². The molecule has 0 spiro atoms. The molecule has 0 aliphatic carbocycles. The average molecular weight is 620 g/mol. The Hall–Kier alpha value is -3.00. The molecule has 8 nitrogen and oxygen atoms in total. The number of piperidine rings is 1. The molecule has 0 radical (unpaired) electrons. The summed E-state index contributed by atoms with van der Waals surface area (Å²) >= 11 is 0. The lowest BCUT2D eigenvalue weighted by Crippen LogP contribution is -2.42. The highest BCUT2D eigenvalue weighted by Gasteiger charge is 2.28. The van der Waals surface area contributed by atoms with E-state index in [4.69, 9.17) is 14.8 Å². The predicted molar refractivity (Wildman–Crippen MR) is 162 cm³/mol. The first-order chi connectivity index (χ1) is 19.9. The van der Waals surface area contributed by atoms with Crippen molar-refractivity contribution in [3.63, 3.8) is 0 Å². The van der Waals surface area contributed by atoms with Gasteiger partial charge in [0.2, 0.25) is 10.0 Å². The summed E-state index contributed by atoms with van der Waals surface area (Å²) in [5, 5.41) is 9.28. The molecule has 226 valence electrons. The van der Waals surface area contributed by atoms with Gasteiger partial charge in [-0.2, -0.15) is 5.10 Å². The summed E-state index contributed by atoms with van der Waals surface area (Å²) in [6.07, 6.45) is 2.31. The van der Waals surface area contributed by atoms with Gasteiger partial charge in [-0.1, -0.05) is 37.8 Å². The standard InChI is InChI=1S/C29H36F3N5O3SSi/c1-41(38,39)36-12-10-20(11-13-36)33-29-28-27(35-37(29)18-40-14-15-42(2,3)4)21-9-8-19(17-30)16-22(21)26(34-28)25-23(31)6-5-7-24(25)32/h5-9,16,20,33H,10-15,17-18H2,1-4H3. The number of anilines is 1. The zero-order chi connectivity index (χ0) is 30.2. The van der Waals surface area contributed by atoms with E-state index in [1.807, 2.05) is 0 Å². The molecule has 3 heterocycles. The fourth-order valence-electron chi connectivity index (χ4n) is 5.19. The first kappa shape index (κ1) is 30.5. The number of benzene rings is 2. The third-order valence-corrected chi connectivity index (χ3v) is 10.6. The van der Waals surface area contributed by atoms with Gasteiger partial charge in [-0.15, -0.1) is 0 Å². The number of fused-ring (bicyclic) bond motifs is 3. The van der Waals surface area contributed by atoms with Crippen LogP contribution in [-0.4, -0.2) is 67.6 Å². The molecule has 0 bridgehead atoms. The molecule has 0 amide bonds. The van der Waals surface area contributed by atoms with Gasteiger partial charge in [-0.3, -0.25) is 0 Å². The van der Waals surface area contributed by atoms with Crippen LogP contribution in [0.4, 0.5) is 19.0 Å².